The summed E-state index contributed by atoms with van der Waals surface area (Å²) < 4.78 is 0. The van der Waals surface area contributed by atoms with Crippen LogP contribution in [0, 0.1) is 35.5 Å². The minimum Gasteiger partial charge on any atom is -0.392 e. The van der Waals surface area contributed by atoms with Gasteiger partial charge in [0.25, 0.3) is 0 Å². The van der Waals surface area contributed by atoms with E-state index in [1.165, 1.54) is 0 Å². The molecule has 0 aromatic rings. The molecule has 0 spiro atoms. The maximum Gasteiger partial charge on any atom is 0.118 e. The molecule has 0 aromatic heterocycles. The molecule has 0 amide bonds. The Kier molecular flexibility index (Phi) is 6.88. The highest BCUT2D eigenvalue weighted by Gasteiger charge is 2.05. The van der Waals surface area contributed by atoms with E-state index in [9.17, 15) is 10.2 Å². The van der Waals surface area contributed by atoms with Crippen LogP contribution in [0.3, 0.4) is 0 Å². The van der Waals surface area contributed by atoms with Gasteiger partial charge in [-0.3, -0.25) is 0 Å². The van der Waals surface area contributed by atoms with Gasteiger partial charge >= 0.3 is 0 Å². The molecule has 2 unspecified atom stereocenters. The zero-order chi connectivity index (χ0) is 11.8. The van der Waals surface area contributed by atoms with Gasteiger partial charge in [0.05, 0.1) is 6.10 Å². The van der Waals surface area contributed by atoms with Gasteiger partial charge in [0.2, 0.25) is 0 Å². The number of aliphatic hydroxyl groups excluding tert-OH is 2. The fourth-order valence-corrected chi connectivity index (χ4v) is 0.712. The van der Waals surface area contributed by atoms with Crippen LogP contribution in [-0.2, 0) is 0 Å². The van der Waals surface area contributed by atoms with Gasteiger partial charge in [0, 0.05) is 6.42 Å². The fourth-order valence-electron chi connectivity index (χ4n) is 0.712. The van der Waals surface area contributed by atoms with Crippen molar-refractivity contribution in [3.05, 3.63) is 0 Å². The molecule has 0 bridgehead atoms. The molecule has 0 radical (unpaired) electrons. The quantitative estimate of drug-likeness (QED) is 0.689. The first-order valence-electron chi connectivity index (χ1n) is 5.29. The minimum absolute atomic E-state index is 0.126. The normalized spacial score (nSPS) is 13.9. The van der Waals surface area contributed by atoms with Gasteiger partial charge in [-0.15, -0.1) is 0 Å². The Morgan fingerprint density at radius 2 is 1.53 bits per heavy atom. The standard InChI is InChI=1S/C13H20O2/c1-10(2)12(14)8-6-5-7-9-13(15)11(3)4/h10-15H,8H2,1-4H3. The van der Waals surface area contributed by atoms with E-state index < -0.39 is 12.2 Å². The summed E-state index contributed by atoms with van der Waals surface area (Å²) >= 11 is 0. The topological polar surface area (TPSA) is 40.5 Å². The molecule has 2 nitrogen and oxygen atoms in total. The third kappa shape index (κ3) is 7.03. The lowest BCUT2D eigenvalue weighted by atomic mass is 10.1. The van der Waals surface area contributed by atoms with Crippen LogP contribution < -0.4 is 0 Å². The van der Waals surface area contributed by atoms with Gasteiger partial charge in [0.15, 0.2) is 0 Å². The Morgan fingerprint density at radius 3 is 2.00 bits per heavy atom. The Balaban J connectivity index is 3.99. The third-order valence-corrected chi connectivity index (χ3v) is 2.08. The number of aliphatic hydroxyl groups is 2. The van der Waals surface area contributed by atoms with E-state index in [1.54, 1.807) is 0 Å². The van der Waals surface area contributed by atoms with Crippen molar-refractivity contribution in [1.29, 1.82) is 0 Å². The highest BCUT2D eigenvalue weighted by molar-refractivity contribution is 5.27. The van der Waals surface area contributed by atoms with Crippen LogP contribution >= 0.6 is 0 Å². The van der Waals surface area contributed by atoms with Gasteiger partial charge in [-0.05, 0) is 23.7 Å². The lowest BCUT2D eigenvalue weighted by molar-refractivity contribution is 0.130. The van der Waals surface area contributed by atoms with Crippen LogP contribution in [-0.4, -0.2) is 22.4 Å². The van der Waals surface area contributed by atoms with Crippen LogP contribution in [0.1, 0.15) is 34.1 Å². The average molecular weight is 208 g/mol. The summed E-state index contributed by atoms with van der Waals surface area (Å²) in [5, 5.41) is 18.8. The van der Waals surface area contributed by atoms with Gasteiger partial charge in [0.1, 0.15) is 6.10 Å². The zero-order valence-corrected chi connectivity index (χ0v) is 9.91. The monoisotopic (exact) mass is 208 g/mol. The predicted octanol–water partition coefficient (Wildman–Crippen LogP) is 1.42. The second-order valence-corrected chi connectivity index (χ2v) is 4.28. The summed E-state index contributed by atoms with van der Waals surface area (Å²) in [6, 6.07) is 0. The summed E-state index contributed by atoms with van der Waals surface area (Å²) in [6.07, 6.45) is -0.576. The molecule has 2 atom stereocenters. The molecule has 0 saturated heterocycles. The van der Waals surface area contributed by atoms with Crippen molar-refractivity contribution < 1.29 is 10.2 Å². The van der Waals surface area contributed by atoms with Crippen molar-refractivity contribution in [2.45, 2.75) is 46.3 Å². The van der Waals surface area contributed by atoms with Gasteiger partial charge in [-0.1, -0.05) is 39.5 Å². The van der Waals surface area contributed by atoms with Crippen LogP contribution in [0.5, 0.6) is 0 Å². The number of rotatable bonds is 3. The highest BCUT2D eigenvalue weighted by atomic mass is 16.3. The van der Waals surface area contributed by atoms with Gasteiger partial charge in [-0.2, -0.15) is 0 Å². The second kappa shape index (κ2) is 7.35. The molecule has 0 fully saturated rings. The number of hydrogen-bond donors (Lipinski definition) is 2. The fraction of sp³-hybridized carbons (Fsp3) is 0.692. The molecule has 0 rings (SSSR count). The van der Waals surface area contributed by atoms with Crippen molar-refractivity contribution in [1.82, 2.24) is 0 Å². The Hall–Kier alpha value is -0.960. The third-order valence-electron chi connectivity index (χ3n) is 2.08. The van der Waals surface area contributed by atoms with Crippen molar-refractivity contribution in [2.24, 2.45) is 11.8 Å². The summed E-state index contributed by atoms with van der Waals surface area (Å²) in [7, 11) is 0. The van der Waals surface area contributed by atoms with E-state index in [1.807, 2.05) is 27.7 Å². The lowest BCUT2D eigenvalue weighted by Crippen LogP contribution is -2.13. The first-order valence-corrected chi connectivity index (χ1v) is 5.29. The molecule has 15 heavy (non-hydrogen) atoms. The number of hydrogen-bond acceptors (Lipinski definition) is 2. The Labute approximate surface area is 92.7 Å². The van der Waals surface area contributed by atoms with Crippen molar-refractivity contribution in [3.8, 4) is 23.7 Å². The summed E-state index contributed by atoms with van der Waals surface area (Å²) in [5.41, 5.74) is 0. The van der Waals surface area contributed by atoms with Crippen LogP contribution in [0.25, 0.3) is 0 Å². The van der Waals surface area contributed by atoms with E-state index in [-0.39, 0.29) is 11.8 Å². The largest absolute Gasteiger partial charge is 0.392 e. The zero-order valence-electron chi connectivity index (χ0n) is 9.91. The Bertz CT molecular complexity index is 283. The van der Waals surface area contributed by atoms with Gasteiger partial charge in [-0.25, -0.2) is 0 Å². The molecule has 0 heterocycles. The average Bonchev–Trinajstić information content (AvgIpc) is 2.16. The maximum absolute atomic E-state index is 9.42. The molecule has 2 N–H and O–H groups in total. The molecular weight excluding hydrogens is 188 g/mol. The van der Waals surface area contributed by atoms with E-state index in [2.05, 4.69) is 23.7 Å². The smallest absolute Gasteiger partial charge is 0.118 e. The van der Waals surface area contributed by atoms with Crippen LogP contribution in [0.2, 0.25) is 0 Å². The van der Waals surface area contributed by atoms with E-state index in [4.69, 9.17) is 0 Å². The molecule has 0 aliphatic carbocycles. The van der Waals surface area contributed by atoms with E-state index in [0.29, 0.717) is 6.42 Å². The van der Waals surface area contributed by atoms with Crippen LogP contribution in [0.15, 0.2) is 0 Å². The van der Waals surface area contributed by atoms with Crippen molar-refractivity contribution in [2.75, 3.05) is 0 Å². The molecule has 0 aliphatic rings. The van der Waals surface area contributed by atoms with Gasteiger partial charge < -0.3 is 10.2 Å². The van der Waals surface area contributed by atoms with Crippen molar-refractivity contribution in [3.63, 3.8) is 0 Å². The SMILES string of the molecule is CC(C)C(O)C#CC#CCC(O)C(C)C. The lowest BCUT2D eigenvalue weighted by Gasteiger charge is -2.09. The molecule has 0 aromatic carbocycles. The Morgan fingerprint density at radius 1 is 0.933 bits per heavy atom. The molecule has 0 saturated carbocycles. The second-order valence-electron chi connectivity index (χ2n) is 4.28. The minimum atomic E-state index is -0.616. The van der Waals surface area contributed by atoms with E-state index in [0.717, 1.165) is 0 Å². The van der Waals surface area contributed by atoms with Crippen molar-refractivity contribution >= 4 is 0 Å². The summed E-state index contributed by atoms with van der Waals surface area (Å²) in [5.74, 6) is 11.0. The molecular formula is C13H20O2. The summed E-state index contributed by atoms with van der Waals surface area (Å²) in [6.45, 7) is 7.69. The maximum atomic E-state index is 9.42. The first-order chi connectivity index (χ1) is 6.95. The summed E-state index contributed by atoms with van der Waals surface area (Å²) in [4.78, 5) is 0. The van der Waals surface area contributed by atoms with Crippen LogP contribution in [0.4, 0.5) is 0 Å². The predicted molar refractivity (Wildman–Crippen MR) is 61.9 cm³/mol. The molecule has 2 heteroatoms. The first kappa shape index (κ1) is 14.0. The van der Waals surface area contributed by atoms with E-state index >= 15 is 0 Å². The highest BCUT2D eigenvalue weighted by Crippen LogP contribution is 2.03. The molecule has 84 valence electrons. The molecule has 0 aliphatic heterocycles.